The van der Waals surface area contributed by atoms with Crippen molar-refractivity contribution in [2.75, 3.05) is 0 Å². The van der Waals surface area contributed by atoms with Gasteiger partial charge in [0, 0.05) is 0 Å². The summed E-state index contributed by atoms with van der Waals surface area (Å²) in [5, 5.41) is 2.45. The molecule has 0 fully saturated rings. The Balaban J connectivity index is 2.25. The molecule has 0 spiro atoms. The fourth-order valence-corrected chi connectivity index (χ4v) is 0.799. The second kappa shape index (κ2) is 5.03. The fourth-order valence-electron chi connectivity index (χ4n) is 0.799. The predicted octanol–water partition coefficient (Wildman–Crippen LogP) is -0.910. The minimum atomic E-state index is -0.651. The Labute approximate surface area is 80.4 Å². The van der Waals surface area contributed by atoms with Crippen molar-refractivity contribution in [3.63, 3.8) is 0 Å². The molecule has 4 N–H and O–H groups in total. The molecule has 1 heterocycles. The van der Waals surface area contributed by atoms with Crippen LogP contribution in [0.25, 0.3) is 0 Å². The average Bonchev–Trinajstić information content (AvgIpc) is 2.67. The van der Waals surface area contributed by atoms with E-state index >= 15 is 0 Å². The number of hydrazine groups is 1. The van der Waals surface area contributed by atoms with E-state index < -0.39 is 11.8 Å². The molecule has 75 valence electrons. The van der Waals surface area contributed by atoms with Gasteiger partial charge in [0.2, 0.25) is 11.8 Å². The van der Waals surface area contributed by atoms with Crippen LogP contribution in [0.1, 0.15) is 5.76 Å². The third-order valence-electron chi connectivity index (χ3n) is 1.42. The van der Waals surface area contributed by atoms with Crippen molar-refractivity contribution in [2.24, 2.45) is 5.84 Å². The molecule has 6 nitrogen and oxygen atoms in total. The summed E-state index contributed by atoms with van der Waals surface area (Å²) < 4.78 is 4.96. The van der Waals surface area contributed by atoms with Gasteiger partial charge in [-0.15, -0.1) is 0 Å². The summed E-state index contributed by atoms with van der Waals surface area (Å²) in [5.41, 5.74) is 1.81. The quantitative estimate of drug-likeness (QED) is 0.251. The Hall–Kier alpha value is -1.82. The molecule has 1 aromatic heterocycles. The first kappa shape index (κ1) is 10.3. The molecule has 0 saturated carbocycles. The summed E-state index contributed by atoms with van der Waals surface area (Å²) in [6, 6.07) is 3.42. The number of nitrogens with one attached hydrogen (secondary N) is 2. The van der Waals surface area contributed by atoms with Gasteiger partial charge in [-0.25, -0.2) is 5.84 Å². The van der Waals surface area contributed by atoms with E-state index in [-0.39, 0.29) is 6.54 Å². The zero-order chi connectivity index (χ0) is 10.4. The van der Waals surface area contributed by atoms with Crippen LogP contribution in [-0.2, 0) is 16.1 Å². The highest BCUT2D eigenvalue weighted by Crippen LogP contribution is 1.98. The normalized spacial score (nSPS) is 9.50. The molecule has 0 aliphatic rings. The van der Waals surface area contributed by atoms with Gasteiger partial charge in [-0.05, 0) is 12.1 Å². The maximum absolute atomic E-state index is 11.0. The largest absolute Gasteiger partial charge is 0.467 e. The van der Waals surface area contributed by atoms with E-state index in [2.05, 4.69) is 5.32 Å². The van der Waals surface area contributed by atoms with E-state index in [0.717, 1.165) is 6.42 Å². The van der Waals surface area contributed by atoms with Gasteiger partial charge >= 0.3 is 0 Å². The topological polar surface area (TPSA) is 97.4 Å². The zero-order valence-corrected chi connectivity index (χ0v) is 7.32. The Bertz CT molecular complexity index is 308. The van der Waals surface area contributed by atoms with Gasteiger partial charge in [0.05, 0.1) is 12.8 Å². The molecule has 14 heavy (non-hydrogen) atoms. The summed E-state index contributed by atoms with van der Waals surface area (Å²) in [6.45, 7) is 0.236. The van der Waals surface area contributed by atoms with Crippen LogP contribution in [0.5, 0.6) is 0 Å². The lowest BCUT2D eigenvalue weighted by atomic mass is 10.3. The molecular weight excluding hydrogens is 186 g/mol. The molecule has 2 amide bonds. The van der Waals surface area contributed by atoms with Crippen molar-refractivity contribution in [1.82, 2.24) is 10.7 Å². The zero-order valence-electron chi connectivity index (χ0n) is 7.32. The number of carbonyl (C=O) groups is 2. The van der Waals surface area contributed by atoms with Crippen molar-refractivity contribution in [3.8, 4) is 0 Å². The summed E-state index contributed by atoms with van der Waals surface area (Å²) in [6.07, 6.45) is 2.32. The molecule has 0 saturated heterocycles. The Morgan fingerprint density at radius 3 is 2.86 bits per heavy atom. The summed E-state index contributed by atoms with van der Waals surface area (Å²) >= 11 is 0. The molecule has 1 rings (SSSR count). The number of nitrogens with two attached hydrogens (primary N) is 1. The third kappa shape index (κ3) is 3.28. The van der Waals surface area contributed by atoms with Crippen molar-refractivity contribution < 1.29 is 14.0 Å². The van der Waals surface area contributed by atoms with Crippen LogP contribution >= 0.6 is 0 Å². The Morgan fingerprint density at radius 2 is 2.29 bits per heavy atom. The van der Waals surface area contributed by atoms with E-state index in [1.165, 1.54) is 6.26 Å². The first-order valence-corrected chi connectivity index (χ1v) is 3.88. The van der Waals surface area contributed by atoms with E-state index in [1.807, 2.05) is 5.43 Å². The van der Waals surface area contributed by atoms with Gasteiger partial charge in [-0.2, -0.15) is 0 Å². The minimum absolute atomic E-state index is 0.236. The fraction of sp³-hybridized carbons (Fsp3) is 0.125. The molecule has 6 heteroatoms. The van der Waals surface area contributed by atoms with Gasteiger partial charge in [-0.3, -0.25) is 15.0 Å². The molecule has 0 aliphatic carbocycles. The number of rotatable bonds is 4. The van der Waals surface area contributed by atoms with E-state index in [0.29, 0.717) is 5.76 Å². The monoisotopic (exact) mass is 196 g/mol. The molecule has 0 aliphatic heterocycles. The van der Waals surface area contributed by atoms with Crippen molar-refractivity contribution in [1.29, 1.82) is 0 Å². The summed E-state index contributed by atoms with van der Waals surface area (Å²) in [5.74, 6) is 4.22. The lowest BCUT2D eigenvalue weighted by Gasteiger charge is -2.01. The second-order valence-electron chi connectivity index (χ2n) is 2.45. The van der Waals surface area contributed by atoms with Crippen LogP contribution in [0.4, 0.5) is 0 Å². The van der Waals surface area contributed by atoms with E-state index in [4.69, 9.17) is 10.3 Å². The lowest BCUT2D eigenvalue weighted by Crippen LogP contribution is -2.35. The summed E-state index contributed by atoms with van der Waals surface area (Å²) in [7, 11) is 0. The number of carbonyl (C=O) groups excluding carboxylic acids is 2. The Kier molecular flexibility index (Phi) is 3.69. The molecule has 1 aromatic rings. The van der Waals surface area contributed by atoms with Crippen LogP contribution in [-0.4, -0.2) is 11.8 Å². The van der Waals surface area contributed by atoms with Gasteiger partial charge in [-0.1, -0.05) is 0 Å². The number of amides is 2. The highest BCUT2D eigenvalue weighted by atomic mass is 16.3. The van der Waals surface area contributed by atoms with Crippen LogP contribution in [0.3, 0.4) is 0 Å². The van der Waals surface area contributed by atoms with Crippen LogP contribution in [0.2, 0.25) is 0 Å². The summed E-state index contributed by atoms with van der Waals surface area (Å²) in [4.78, 5) is 21.6. The smallest absolute Gasteiger partial charge is 0.247 e. The van der Waals surface area contributed by atoms with Crippen LogP contribution < -0.4 is 16.6 Å². The second-order valence-corrected chi connectivity index (χ2v) is 2.45. The Morgan fingerprint density at radius 1 is 1.50 bits per heavy atom. The van der Waals surface area contributed by atoms with Crippen molar-refractivity contribution >= 4 is 11.8 Å². The SMILES string of the molecule is NNC(=O)[CH]C(=O)NCc1ccco1. The van der Waals surface area contributed by atoms with Gasteiger partial charge < -0.3 is 9.73 Å². The predicted molar refractivity (Wildman–Crippen MR) is 47.2 cm³/mol. The van der Waals surface area contributed by atoms with E-state index in [1.54, 1.807) is 12.1 Å². The first-order valence-electron chi connectivity index (χ1n) is 3.88. The molecule has 0 aromatic carbocycles. The lowest BCUT2D eigenvalue weighted by molar-refractivity contribution is -0.124. The maximum Gasteiger partial charge on any atom is 0.247 e. The van der Waals surface area contributed by atoms with Crippen molar-refractivity contribution in [2.45, 2.75) is 6.54 Å². The first-order chi connectivity index (χ1) is 6.72. The van der Waals surface area contributed by atoms with Gasteiger partial charge in [0.25, 0.3) is 0 Å². The average molecular weight is 196 g/mol. The van der Waals surface area contributed by atoms with Crippen LogP contribution in [0.15, 0.2) is 22.8 Å². The molecule has 1 radical (unpaired) electrons. The van der Waals surface area contributed by atoms with Gasteiger partial charge in [0.1, 0.15) is 12.2 Å². The highest BCUT2D eigenvalue weighted by molar-refractivity contribution is 6.08. The molecule has 0 atom stereocenters. The third-order valence-corrected chi connectivity index (χ3v) is 1.42. The highest BCUT2D eigenvalue weighted by Gasteiger charge is 2.08. The molecule has 0 bridgehead atoms. The van der Waals surface area contributed by atoms with Crippen molar-refractivity contribution in [3.05, 3.63) is 30.6 Å². The standard InChI is InChI=1S/C8H10N3O3/c9-11-8(13)4-7(12)10-5-6-2-1-3-14-6/h1-4H,5,9H2,(H,10,12)(H,11,13). The minimum Gasteiger partial charge on any atom is -0.467 e. The number of hydrogen-bond acceptors (Lipinski definition) is 4. The van der Waals surface area contributed by atoms with E-state index in [9.17, 15) is 9.59 Å². The molecule has 0 unspecified atom stereocenters. The number of hydrogen-bond donors (Lipinski definition) is 3. The molecular formula is C8H10N3O3. The van der Waals surface area contributed by atoms with Gasteiger partial charge in [0.15, 0.2) is 0 Å². The maximum atomic E-state index is 11.0. The number of furan rings is 1. The van der Waals surface area contributed by atoms with Crippen LogP contribution in [0, 0.1) is 6.42 Å².